The van der Waals surface area contributed by atoms with Crippen molar-refractivity contribution in [2.45, 2.75) is 38.2 Å². The number of rotatable bonds is 4. The first kappa shape index (κ1) is 22.6. The maximum absolute atomic E-state index is 14.3. The van der Waals surface area contributed by atoms with E-state index in [0.29, 0.717) is 29.6 Å². The second-order valence-electron chi connectivity index (χ2n) is 9.52. The molecule has 176 valence electrons. The number of hydrogen-bond acceptors (Lipinski definition) is 4. The van der Waals surface area contributed by atoms with Gasteiger partial charge in [0, 0.05) is 50.5 Å². The van der Waals surface area contributed by atoms with E-state index < -0.39 is 28.6 Å². The van der Waals surface area contributed by atoms with E-state index in [1.807, 2.05) is 31.4 Å². The molecule has 0 fully saturated rings. The Labute approximate surface area is 198 Å². The third-order valence-corrected chi connectivity index (χ3v) is 7.40. The van der Waals surface area contributed by atoms with E-state index in [1.54, 1.807) is 23.6 Å². The van der Waals surface area contributed by atoms with E-state index in [2.05, 4.69) is 0 Å². The Balaban J connectivity index is 1.81. The lowest BCUT2D eigenvalue weighted by atomic mass is 9.77. The third kappa shape index (κ3) is 3.40. The van der Waals surface area contributed by atoms with Crippen molar-refractivity contribution in [1.29, 1.82) is 0 Å². The van der Waals surface area contributed by atoms with Crippen LogP contribution >= 0.6 is 11.3 Å². The molecule has 1 unspecified atom stereocenters. The molecule has 0 amide bonds. The van der Waals surface area contributed by atoms with Gasteiger partial charge in [-0.2, -0.15) is 0 Å². The Kier molecular flexibility index (Phi) is 5.07. The van der Waals surface area contributed by atoms with Crippen LogP contribution in [0.25, 0.3) is 16.6 Å². The fourth-order valence-corrected chi connectivity index (χ4v) is 5.91. The number of aromatic hydroxyl groups is 1. The highest BCUT2D eigenvalue weighted by Gasteiger charge is 2.46. The zero-order valence-corrected chi connectivity index (χ0v) is 19.7. The number of carboxylic acids is 1. The number of fused-ring (bicyclic) bond motifs is 3. The van der Waals surface area contributed by atoms with Gasteiger partial charge in [-0.15, -0.1) is 11.3 Å². The van der Waals surface area contributed by atoms with Gasteiger partial charge in [0.1, 0.15) is 5.75 Å². The van der Waals surface area contributed by atoms with Crippen LogP contribution in [-0.4, -0.2) is 27.4 Å². The number of phenols is 1. The van der Waals surface area contributed by atoms with Gasteiger partial charge >= 0.3 is 5.97 Å². The first-order chi connectivity index (χ1) is 16.0. The molecule has 1 atom stereocenters. The van der Waals surface area contributed by atoms with Gasteiger partial charge in [-0.05, 0) is 37.3 Å². The fourth-order valence-electron chi connectivity index (χ4n) is 4.91. The predicted octanol–water partition coefficient (Wildman–Crippen LogP) is 6.14. The predicted molar refractivity (Wildman–Crippen MR) is 126 cm³/mol. The smallest absolute Gasteiger partial charge is 0.336 e. The van der Waals surface area contributed by atoms with E-state index in [0.717, 1.165) is 28.3 Å². The second kappa shape index (κ2) is 7.65. The molecule has 8 heteroatoms. The Hall–Kier alpha value is -3.23. The minimum atomic E-state index is -0.994. The number of carbonyl (C=O) groups is 1. The van der Waals surface area contributed by atoms with Crippen molar-refractivity contribution in [3.8, 4) is 11.4 Å². The minimum absolute atomic E-state index is 0.0556. The number of hydrogen-bond donors (Lipinski definition) is 2. The normalized spacial score (nSPS) is 19.3. The van der Waals surface area contributed by atoms with Crippen LogP contribution < -0.4 is 0 Å². The van der Waals surface area contributed by atoms with Gasteiger partial charge in [-0.1, -0.05) is 19.9 Å². The number of carboxylic acid groups (broad SMARTS) is 1. The summed E-state index contributed by atoms with van der Waals surface area (Å²) in [5.41, 5.74) is 1.48. The molecular formula is C26H23F2NO4S. The zero-order valence-electron chi connectivity index (χ0n) is 18.9. The molecule has 0 saturated carbocycles. The number of aromatic nitrogens is 1. The molecule has 0 radical (unpaired) electrons. The van der Waals surface area contributed by atoms with Gasteiger partial charge in [-0.3, -0.25) is 0 Å². The molecule has 34 heavy (non-hydrogen) atoms. The first-order valence-corrected chi connectivity index (χ1v) is 11.7. The Morgan fingerprint density at radius 3 is 2.59 bits per heavy atom. The molecule has 5 rings (SSSR count). The molecule has 0 aliphatic carbocycles. The summed E-state index contributed by atoms with van der Waals surface area (Å²) in [7, 11) is 0. The molecule has 0 spiro atoms. The van der Waals surface area contributed by atoms with Gasteiger partial charge in [0.2, 0.25) is 0 Å². The van der Waals surface area contributed by atoms with Crippen LogP contribution in [0, 0.1) is 11.6 Å². The third-order valence-electron chi connectivity index (χ3n) is 6.47. The summed E-state index contributed by atoms with van der Waals surface area (Å²) in [6, 6.07) is 10.5. The molecule has 2 aromatic heterocycles. The van der Waals surface area contributed by atoms with E-state index in [4.69, 9.17) is 4.74 Å². The molecule has 1 aliphatic rings. The molecule has 1 aliphatic heterocycles. The average Bonchev–Trinajstić information content (AvgIpc) is 3.38. The SMILES string of the molecule is CC1(C)COC(C)(Cc2cc(C(=O)O)cs2)c2c1n(-c1ccc(F)c(F)c1)c1cccc(O)c21. The Morgan fingerprint density at radius 1 is 1.15 bits per heavy atom. The summed E-state index contributed by atoms with van der Waals surface area (Å²) in [6.45, 7) is 6.27. The first-order valence-electron chi connectivity index (χ1n) is 10.8. The van der Waals surface area contributed by atoms with Crippen LogP contribution in [0.5, 0.6) is 5.75 Å². The van der Waals surface area contributed by atoms with E-state index in [-0.39, 0.29) is 11.3 Å². The van der Waals surface area contributed by atoms with Gasteiger partial charge in [-0.25, -0.2) is 13.6 Å². The van der Waals surface area contributed by atoms with Crippen molar-refractivity contribution in [1.82, 2.24) is 4.57 Å². The summed E-state index contributed by atoms with van der Waals surface area (Å²) in [5.74, 6) is -2.83. The molecular weight excluding hydrogens is 460 g/mol. The number of thiophene rings is 1. The number of nitrogens with zero attached hydrogens (tertiary/aromatic N) is 1. The van der Waals surface area contributed by atoms with E-state index in [1.165, 1.54) is 17.4 Å². The molecule has 0 bridgehead atoms. The highest BCUT2D eigenvalue weighted by molar-refractivity contribution is 7.10. The van der Waals surface area contributed by atoms with Crippen LogP contribution in [0.4, 0.5) is 8.78 Å². The summed E-state index contributed by atoms with van der Waals surface area (Å²) >= 11 is 1.34. The lowest BCUT2D eigenvalue weighted by molar-refractivity contribution is -0.0711. The number of benzene rings is 2. The summed E-state index contributed by atoms with van der Waals surface area (Å²) in [6.07, 6.45) is 0.388. The summed E-state index contributed by atoms with van der Waals surface area (Å²) in [5, 5.41) is 22.4. The summed E-state index contributed by atoms with van der Waals surface area (Å²) in [4.78, 5) is 12.2. The van der Waals surface area contributed by atoms with Crippen molar-refractivity contribution in [3.05, 3.63) is 81.2 Å². The monoisotopic (exact) mass is 483 g/mol. The lowest BCUT2D eigenvalue weighted by Crippen LogP contribution is -2.43. The van der Waals surface area contributed by atoms with Gasteiger partial charge in [0.15, 0.2) is 11.6 Å². The van der Waals surface area contributed by atoms with Crippen LogP contribution in [0.2, 0.25) is 0 Å². The largest absolute Gasteiger partial charge is 0.507 e. The van der Waals surface area contributed by atoms with Crippen molar-refractivity contribution in [2.75, 3.05) is 6.61 Å². The van der Waals surface area contributed by atoms with E-state index in [9.17, 15) is 23.8 Å². The number of ether oxygens (including phenoxy) is 1. The quantitative estimate of drug-likeness (QED) is 0.366. The maximum Gasteiger partial charge on any atom is 0.336 e. The van der Waals surface area contributed by atoms with Crippen LogP contribution in [0.1, 0.15) is 47.3 Å². The minimum Gasteiger partial charge on any atom is -0.507 e. The maximum atomic E-state index is 14.3. The number of aromatic carboxylic acids is 1. The Bertz CT molecular complexity index is 1450. The van der Waals surface area contributed by atoms with Gasteiger partial charge in [0.25, 0.3) is 0 Å². The molecule has 0 saturated heterocycles. The fraction of sp³-hybridized carbons (Fsp3) is 0.269. The standard InChI is InChI=1S/C26H23F2NO4S/c1-25(2)13-33-26(3,11-16-9-14(12-34-16)24(31)32)22-21-19(5-4-6-20(21)30)29(23(22)25)15-7-8-17(27)18(28)10-15/h4-10,12,30H,11,13H2,1-3H3,(H,31,32). The van der Waals surface area contributed by atoms with Gasteiger partial charge < -0.3 is 19.5 Å². The average molecular weight is 484 g/mol. The zero-order chi connectivity index (χ0) is 24.4. The van der Waals surface area contributed by atoms with Gasteiger partial charge in [0.05, 0.1) is 23.3 Å². The lowest BCUT2D eigenvalue weighted by Gasteiger charge is -2.42. The highest BCUT2D eigenvalue weighted by atomic mass is 32.1. The topological polar surface area (TPSA) is 71.7 Å². The molecule has 2 aromatic carbocycles. The van der Waals surface area contributed by atoms with Crippen LogP contribution in [0.3, 0.4) is 0 Å². The molecule has 3 heterocycles. The van der Waals surface area contributed by atoms with Crippen LogP contribution in [0.15, 0.2) is 47.8 Å². The van der Waals surface area contributed by atoms with Crippen molar-refractivity contribution < 1.29 is 28.5 Å². The van der Waals surface area contributed by atoms with Crippen molar-refractivity contribution >= 4 is 28.2 Å². The summed E-state index contributed by atoms with van der Waals surface area (Å²) < 4.78 is 36.3. The highest BCUT2D eigenvalue weighted by Crippen LogP contribution is 2.51. The molecule has 2 N–H and O–H groups in total. The van der Waals surface area contributed by atoms with Crippen molar-refractivity contribution in [3.63, 3.8) is 0 Å². The number of phenolic OH excluding ortho intramolecular Hbond substituents is 1. The molecule has 4 aromatic rings. The van der Waals surface area contributed by atoms with Crippen LogP contribution in [-0.2, 0) is 22.2 Å². The number of halogens is 2. The Morgan fingerprint density at radius 2 is 1.91 bits per heavy atom. The van der Waals surface area contributed by atoms with Crippen molar-refractivity contribution in [2.24, 2.45) is 0 Å². The van der Waals surface area contributed by atoms with E-state index >= 15 is 0 Å². The second-order valence-corrected chi connectivity index (χ2v) is 10.5. The molecule has 5 nitrogen and oxygen atoms in total.